The van der Waals surface area contributed by atoms with Crippen molar-refractivity contribution >= 4 is 0 Å². The van der Waals surface area contributed by atoms with Crippen molar-refractivity contribution in [1.82, 2.24) is 5.32 Å². The third-order valence-corrected chi connectivity index (χ3v) is 4.00. The van der Waals surface area contributed by atoms with Crippen LogP contribution in [0.25, 0.3) is 0 Å². The summed E-state index contributed by atoms with van der Waals surface area (Å²) in [5.41, 5.74) is 2.43. The van der Waals surface area contributed by atoms with E-state index in [9.17, 15) is 5.11 Å². The summed E-state index contributed by atoms with van der Waals surface area (Å²) in [6.07, 6.45) is 5.91. The van der Waals surface area contributed by atoms with Crippen LogP contribution in [0.4, 0.5) is 0 Å². The van der Waals surface area contributed by atoms with Gasteiger partial charge in [-0.1, -0.05) is 37.1 Å². The molecule has 1 fully saturated rings. The molecule has 2 heteroatoms. The molecule has 2 aliphatic rings. The van der Waals surface area contributed by atoms with Crippen LogP contribution in [-0.4, -0.2) is 17.2 Å². The van der Waals surface area contributed by atoms with Crippen molar-refractivity contribution in [2.75, 3.05) is 0 Å². The van der Waals surface area contributed by atoms with Crippen molar-refractivity contribution in [1.29, 1.82) is 0 Å². The Kier molecular flexibility index (Phi) is 2.70. The fraction of sp³-hybridized carbons (Fsp3) is 0.571. The molecule has 0 heterocycles. The van der Waals surface area contributed by atoms with E-state index in [2.05, 4.69) is 23.5 Å². The number of hydrogen-bond acceptors (Lipinski definition) is 2. The monoisotopic (exact) mass is 217 g/mol. The van der Waals surface area contributed by atoms with E-state index in [4.69, 9.17) is 0 Å². The molecular formula is C14H19NO. The normalized spacial score (nSPS) is 29.6. The molecule has 2 nitrogen and oxygen atoms in total. The van der Waals surface area contributed by atoms with Gasteiger partial charge >= 0.3 is 0 Å². The van der Waals surface area contributed by atoms with Gasteiger partial charge in [0, 0.05) is 12.1 Å². The van der Waals surface area contributed by atoms with Gasteiger partial charge in [0.1, 0.15) is 0 Å². The fourth-order valence-corrected chi connectivity index (χ4v) is 3.12. The molecule has 1 saturated carbocycles. The largest absolute Gasteiger partial charge is 0.387 e. The van der Waals surface area contributed by atoms with Crippen LogP contribution in [0.15, 0.2) is 24.3 Å². The number of fused-ring (bicyclic) bond motifs is 1. The van der Waals surface area contributed by atoms with E-state index < -0.39 is 0 Å². The fourth-order valence-electron chi connectivity index (χ4n) is 3.12. The third kappa shape index (κ3) is 1.76. The van der Waals surface area contributed by atoms with E-state index in [0.717, 1.165) is 12.0 Å². The van der Waals surface area contributed by atoms with Crippen LogP contribution < -0.4 is 5.32 Å². The summed E-state index contributed by atoms with van der Waals surface area (Å²) < 4.78 is 0. The van der Waals surface area contributed by atoms with Crippen molar-refractivity contribution in [2.45, 2.75) is 50.3 Å². The smallest absolute Gasteiger partial charge is 0.0948 e. The first kappa shape index (κ1) is 10.3. The third-order valence-electron chi connectivity index (χ3n) is 4.00. The summed E-state index contributed by atoms with van der Waals surface area (Å²) in [6.45, 7) is 0. The van der Waals surface area contributed by atoms with Crippen LogP contribution in [0, 0.1) is 0 Å². The predicted octanol–water partition coefficient (Wildman–Crippen LogP) is 2.18. The standard InChI is InChI=1S/C14H19NO/c16-14-12-8-4-1-5-10(12)9-13(14)15-11-6-2-3-7-11/h1,4-5,8,11,13-16H,2-3,6-7,9H2. The van der Waals surface area contributed by atoms with Gasteiger partial charge in [0.2, 0.25) is 0 Å². The lowest BCUT2D eigenvalue weighted by atomic mass is 10.1. The highest BCUT2D eigenvalue weighted by Gasteiger charge is 2.32. The van der Waals surface area contributed by atoms with Gasteiger partial charge in [-0.3, -0.25) is 0 Å². The first-order valence-corrected chi connectivity index (χ1v) is 6.36. The molecule has 1 aromatic rings. The molecule has 0 radical (unpaired) electrons. The summed E-state index contributed by atoms with van der Waals surface area (Å²) >= 11 is 0. The maximum atomic E-state index is 10.2. The van der Waals surface area contributed by atoms with Crippen LogP contribution in [0.3, 0.4) is 0 Å². The van der Waals surface area contributed by atoms with Gasteiger partial charge in [0.15, 0.2) is 0 Å². The molecule has 0 saturated heterocycles. The molecular weight excluding hydrogens is 198 g/mol. The molecule has 2 N–H and O–H groups in total. The summed E-state index contributed by atoms with van der Waals surface area (Å²) in [7, 11) is 0. The Morgan fingerprint density at radius 2 is 1.88 bits per heavy atom. The molecule has 16 heavy (non-hydrogen) atoms. The zero-order valence-corrected chi connectivity index (χ0v) is 9.52. The van der Waals surface area contributed by atoms with Gasteiger partial charge in [-0.15, -0.1) is 0 Å². The van der Waals surface area contributed by atoms with Gasteiger partial charge in [0.05, 0.1) is 6.10 Å². The quantitative estimate of drug-likeness (QED) is 0.795. The highest BCUT2D eigenvalue weighted by atomic mass is 16.3. The first-order chi connectivity index (χ1) is 7.84. The number of rotatable bonds is 2. The number of benzene rings is 1. The second-order valence-corrected chi connectivity index (χ2v) is 5.10. The van der Waals surface area contributed by atoms with E-state index in [0.29, 0.717) is 6.04 Å². The molecule has 0 bridgehead atoms. The zero-order chi connectivity index (χ0) is 11.0. The topological polar surface area (TPSA) is 32.3 Å². The second-order valence-electron chi connectivity index (χ2n) is 5.10. The molecule has 0 aliphatic heterocycles. The maximum absolute atomic E-state index is 10.2. The molecule has 0 spiro atoms. The van der Waals surface area contributed by atoms with Crippen LogP contribution in [-0.2, 0) is 6.42 Å². The van der Waals surface area contributed by atoms with Gasteiger partial charge < -0.3 is 10.4 Å². The Hall–Kier alpha value is -0.860. The SMILES string of the molecule is OC1c2ccccc2CC1NC1CCCC1. The van der Waals surface area contributed by atoms with Gasteiger partial charge in [-0.05, 0) is 30.4 Å². The Morgan fingerprint density at radius 1 is 1.12 bits per heavy atom. The minimum atomic E-state index is -0.309. The van der Waals surface area contributed by atoms with Crippen molar-refractivity contribution in [3.63, 3.8) is 0 Å². The minimum absolute atomic E-state index is 0.237. The lowest BCUT2D eigenvalue weighted by Gasteiger charge is -2.21. The van der Waals surface area contributed by atoms with Crippen molar-refractivity contribution in [3.05, 3.63) is 35.4 Å². The number of nitrogens with one attached hydrogen (secondary N) is 1. The average Bonchev–Trinajstić information content (AvgIpc) is 2.90. The molecule has 2 aliphatic carbocycles. The Balaban J connectivity index is 1.71. The highest BCUT2D eigenvalue weighted by Crippen LogP contribution is 2.32. The van der Waals surface area contributed by atoms with Crippen molar-refractivity contribution in [3.8, 4) is 0 Å². The molecule has 3 rings (SSSR count). The Bertz CT molecular complexity index is 371. The summed E-state index contributed by atoms with van der Waals surface area (Å²) in [5, 5.41) is 13.9. The van der Waals surface area contributed by atoms with Crippen molar-refractivity contribution in [2.24, 2.45) is 0 Å². The average molecular weight is 217 g/mol. The van der Waals surface area contributed by atoms with Crippen molar-refractivity contribution < 1.29 is 5.11 Å². The van der Waals surface area contributed by atoms with Crippen LogP contribution in [0.1, 0.15) is 42.9 Å². The van der Waals surface area contributed by atoms with Gasteiger partial charge in [-0.25, -0.2) is 0 Å². The first-order valence-electron chi connectivity index (χ1n) is 6.36. The molecule has 2 atom stereocenters. The Labute approximate surface area is 96.7 Å². The maximum Gasteiger partial charge on any atom is 0.0948 e. The van der Waals surface area contributed by atoms with Crippen LogP contribution in [0.5, 0.6) is 0 Å². The van der Waals surface area contributed by atoms with Gasteiger partial charge in [0.25, 0.3) is 0 Å². The molecule has 1 aromatic carbocycles. The minimum Gasteiger partial charge on any atom is -0.387 e. The van der Waals surface area contributed by atoms with E-state index in [1.54, 1.807) is 0 Å². The lowest BCUT2D eigenvalue weighted by Crippen LogP contribution is -2.39. The summed E-state index contributed by atoms with van der Waals surface area (Å²) in [6, 6.07) is 9.13. The Morgan fingerprint density at radius 3 is 2.62 bits per heavy atom. The van der Waals surface area contributed by atoms with Crippen LogP contribution >= 0.6 is 0 Å². The molecule has 2 unspecified atom stereocenters. The number of aliphatic hydroxyl groups excluding tert-OH is 1. The van der Waals surface area contributed by atoms with E-state index >= 15 is 0 Å². The summed E-state index contributed by atoms with van der Waals surface area (Å²) in [4.78, 5) is 0. The summed E-state index contributed by atoms with van der Waals surface area (Å²) in [5.74, 6) is 0. The highest BCUT2D eigenvalue weighted by molar-refractivity contribution is 5.35. The zero-order valence-electron chi connectivity index (χ0n) is 9.52. The second kappa shape index (κ2) is 4.19. The van der Waals surface area contributed by atoms with E-state index in [1.165, 1.54) is 31.2 Å². The number of hydrogen-bond donors (Lipinski definition) is 2. The number of aliphatic hydroxyl groups is 1. The molecule has 86 valence electrons. The van der Waals surface area contributed by atoms with Gasteiger partial charge in [-0.2, -0.15) is 0 Å². The van der Waals surface area contributed by atoms with E-state index in [-0.39, 0.29) is 12.1 Å². The predicted molar refractivity (Wildman–Crippen MR) is 64.3 cm³/mol. The van der Waals surface area contributed by atoms with Crippen LogP contribution in [0.2, 0.25) is 0 Å². The molecule has 0 amide bonds. The molecule has 0 aromatic heterocycles. The lowest BCUT2D eigenvalue weighted by molar-refractivity contribution is 0.135. The van der Waals surface area contributed by atoms with E-state index in [1.807, 2.05) is 6.07 Å².